The summed E-state index contributed by atoms with van der Waals surface area (Å²) in [6.07, 6.45) is 0.537. The molecule has 0 radical (unpaired) electrons. The summed E-state index contributed by atoms with van der Waals surface area (Å²) in [6, 6.07) is 12.1. The van der Waals surface area contributed by atoms with E-state index >= 15 is 0 Å². The Labute approximate surface area is 117 Å². The van der Waals surface area contributed by atoms with Crippen LogP contribution in [0.5, 0.6) is 0 Å². The molecule has 0 aliphatic carbocycles. The topological polar surface area (TPSA) is 72.2 Å². The van der Waals surface area contributed by atoms with Crippen molar-refractivity contribution in [3.8, 4) is 0 Å². The van der Waals surface area contributed by atoms with Gasteiger partial charge in [0.25, 0.3) is 0 Å². The fourth-order valence-corrected chi connectivity index (χ4v) is 2.79. The van der Waals surface area contributed by atoms with E-state index in [-0.39, 0.29) is 11.4 Å². The van der Waals surface area contributed by atoms with Crippen molar-refractivity contribution in [3.63, 3.8) is 0 Å². The van der Waals surface area contributed by atoms with Gasteiger partial charge in [-0.25, -0.2) is 17.5 Å². The maximum atomic E-state index is 13.0. The Balaban J connectivity index is 1.98. The Kier molecular flexibility index (Phi) is 4.36. The molecule has 3 N–H and O–H groups in total. The summed E-state index contributed by atoms with van der Waals surface area (Å²) in [5.74, 6) is -0.577. The van der Waals surface area contributed by atoms with Crippen LogP contribution in [-0.4, -0.2) is 15.0 Å². The molecule has 0 saturated carbocycles. The Morgan fingerprint density at radius 1 is 1.10 bits per heavy atom. The van der Waals surface area contributed by atoms with Crippen molar-refractivity contribution in [2.45, 2.75) is 11.3 Å². The molecule has 0 saturated heterocycles. The van der Waals surface area contributed by atoms with Gasteiger partial charge < -0.3 is 5.73 Å². The molecule has 4 nitrogen and oxygen atoms in total. The summed E-state index contributed by atoms with van der Waals surface area (Å²) >= 11 is 0. The maximum absolute atomic E-state index is 13.0. The van der Waals surface area contributed by atoms with Crippen LogP contribution in [-0.2, 0) is 16.4 Å². The molecule has 0 aliphatic heterocycles. The smallest absolute Gasteiger partial charge is 0.240 e. The third-order valence-corrected chi connectivity index (χ3v) is 4.25. The number of nitrogens with two attached hydrogens (primary N) is 1. The molecule has 0 heterocycles. The van der Waals surface area contributed by atoms with E-state index in [1.165, 1.54) is 18.2 Å². The number of hydrogen-bond acceptors (Lipinski definition) is 3. The molecule has 6 heteroatoms. The standard InChI is InChI=1S/C14H15FN2O2S/c15-12-2-1-3-14(10-12)20(18,19)17-9-8-11-4-6-13(16)7-5-11/h1-7,10,17H,8-9,16H2. The molecule has 0 atom stereocenters. The van der Waals surface area contributed by atoms with Crippen molar-refractivity contribution in [2.24, 2.45) is 0 Å². The minimum Gasteiger partial charge on any atom is -0.399 e. The number of sulfonamides is 1. The van der Waals surface area contributed by atoms with Crippen LogP contribution < -0.4 is 10.5 Å². The molecule has 0 aromatic heterocycles. The van der Waals surface area contributed by atoms with Crippen LogP contribution >= 0.6 is 0 Å². The van der Waals surface area contributed by atoms with Gasteiger partial charge in [0.15, 0.2) is 0 Å². The first-order valence-electron chi connectivity index (χ1n) is 6.07. The molecule has 0 unspecified atom stereocenters. The number of nitrogen functional groups attached to an aromatic ring is 1. The highest BCUT2D eigenvalue weighted by Gasteiger charge is 2.13. The fraction of sp³-hybridized carbons (Fsp3) is 0.143. The van der Waals surface area contributed by atoms with Gasteiger partial charge in [-0.05, 0) is 42.3 Å². The van der Waals surface area contributed by atoms with Gasteiger partial charge in [-0.1, -0.05) is 18.2 Å². The van der Waals surface area contributed by atoms with Gasteiger partial charge in [0.05, 0.1) is 4.90 Å². The predicted molar refractivity (Wildman–Crippen MR) is 76.1 cm³/mol. The quantitative estimate of drug-likeness (QED) is 0.828. The van der Waals surface area contributed by atoms with Crippen LogP contribution in [0.15, 0.2) is 53.4 Å². The van der Waals surface area contributed by atoms with Crippen LogP contribution in [0.3, 0.4) is 0 Å². The van der Waals surface area contributed by atoms with Gasteiger partial charge in [0, 0.05) is 12.2 Å². The van der Waals surface area contributed by atoms with Gasteiger partial charge in [0.1, 0.15) is 5.82 Å². The predicted octanol–water partition coefficient (Wildman–Crippen LogP) is 1.93. The second kappa shape index (κ2) is 6.02. The van der Waals surface area contributed by atoms with Crippen LogP contribution in [0.1, 0.15) is 5.56 Å². The van der Waals surface area contributed by atoms with Crippen LogP contribution in [0.4, 0.5) is 10.1 Å². The first kappa shape index (κ1) is 14.5. The normalized spacial score (nSPS) is 11.4. The lowest BCUT2D eigenvalue weighted by Crippen LogP contribution is -2.26. The molecule has 0 amide bonds. The second-order valence-corrected chi connectivity index (χ2v) is 6.11. The van der Waals surface area contributed by atoms with Crippen molar-refractivity contribution in [3.05, 3.63) is 59.9 Å². The van der Waals surface area contributed by atoms with Gasteiger partial charge >= 0.3 is 0 Å². The monoisotopic (exact) mass is 294 g/mol. The van der Waals surface area contributed by atoms with Gasteiger partial charge in [-0.15, -0.1) is 0 Å². The number of rotatable bonds is 5. The van der Waals surface area contributed by atoms with Crippen LogP contribution in [0.2, 0.25) is 0 Å². The Morgan fingerprint density at radius 2 is 1.80 bits per heavy atom. The number of hydrogen-bond donors (Lipinski definition) is 2. The molecule has 0 spiro atoms. The van der Waals surface area contributed by atoms with Gasteiger partial charge in [-0.2, -0.15) is 0 Å². The van der Waals surface area contributed by atoms with Crippen molar-refractivity contribution in [1.82, 2.24) is 4.72 Å². The lowest BCUT2D eigenvalue weighted by Gasteiger charge is -2.07. The summed E-state index contributed by atoms with van der Waals surface area (Å²) in [5, 5.41) is 0. The molecule has 2 aromatic rings. The van der Waals surface area contributed by atoms with E-state index < -0.39 is 15.8 Å². The molecule has 0 fully saturated rings. The highest BCUT2D eigenvalue weighted by Crippen LogP contribution is 2.10. The van der Waals surface area contributed by atoms with E-state index in [0.29, 0.717) is 12.1 Å². The third-order valence-electron chi connectivity index (χ3n) is 2.79. The summed E-state index contributed by atoms with van der Waals surface area (Å²) in [7, 11) is -3.68. The Bertz CT molecular complexity index is 685. The number of nitrogens with one attached hydrogen (secondary N) is 1. The summed E-state index contributed by atoms with van der Waals surface area (Å²) in [6.45, 7) is 0.239. The summed E-state index contributed by atoms with van der Waals surface area (Å²) in [5.41, 5.74) is 7.20. The lowest BCUT2D eigenvalue weighted by molar-refractivity contribution is 0.577. The van der Waals surface area contributed by atoms with Gasteiger partial charge in [-0.3, -0.25) is 0 Å². The summed E-state index contributed by atoms with van der Waals surface area (Å²) < 4.78 is 39.3. The second-order valence-electron chi connectivity index (χ2n) is 4.35. The minimum atomic E-state index is -3.68. The highest BCUT2D eigenvalue weighted by molar-refractivity contribution is 7.89. The van der Waals surface area contributed by atoms with Crippen LogP contribution in [0.25, 0.3) is 0 Å². The van der Waals surface area contributed by atoms with Crippen molar-refractivity contribution in [2.75, 3.05) is 12.3 Å². The van der Waals surface area contributed by atoms with Crippen molar-refractivity contribution < 1.29 is 12.8 Å². The average Bonchev–Trinajstić information content (AvgIpc) is 2.41. The zero-order valence-electron chi connectivity index (χ0n) is 10.7. The molecule has 0 bridgehead atoms. The van der Waals surface area contributed by atoms with Crippen molar-refractivity contribution >= 4 is 15.7 Å². The van der Waals surface area contributed by atoms with E-state index in [0.717, 1.165) is 11.6 Å². The highest BCUT2D eigenvalue weighted by atomic mass is 32.2. The van der Waals surface area contributed by atoms with E-state index in [4.69, 9.17) is 5.73 Å². The number of anilines is 1. The van der Waals surface area contributed by atoms with E-state index in [1.54, 1.807) is 12.1 Å². The molecule has 0 aliphatic rings. The number of benzene rings is 2. The maximum Gasteiger partial charge on any atom is 0.240 e. The Hall–Kier alpha value is -1.92. The SMILES string of the molecule is Nc1ccc(CCNS(=O)(=O)c2cccc(F)c2)cc1. The third kappa shape index (κ3) is 3.79. The number of halogens is 1. The van der Waals surface area contributed by atoms with Crippen LogP contribution in [0, 0.1) is 5.82 Å². The summed E-state index contributed by atoms with van der Waals surface area (Å²) in [4.78, 5) is -0.0743. The molecule has 106 valence electrons. The largest absolute Gasteiger partial charge is 0.399 e. The molecule has 2 aromatic carbocycles. The van der Waals surface area contributed by atoms with E-state index in [1.807, 2.05) is 12.1 Å². The molecule has 20 heavy (non-hydrogen) atoms. The average molecular weight is 294 g/mol. The fourth-order valence-electron chi connectivity index (χ4n) is 1.73. The lowest BCUT2D eigenvalue weighted by atomic mass is 10.1. The van der Waals surface area contributed by atoms with Gasteiger partial charge in [0.2, 0.25) is 10.0 Å². The Morgan fingerprint density at radius 3 is 2.45 bits per heavy atom. The first-order chi connectivity index (χ1) is 9.47. The molecule has 2 rings (SSSR count). The zero-order chi connectivity index (χ0) is 14.6. The minimum absolute atomic E-state index is 0.0743. The van der Waals surface area contributed by atoms with E-state index in [2.05, 4.69) is 4.72 Å². The zero-order valence-corrected chi connectivity index (χ0v) is 11.5. The van der Waals surface area contributed by atoms with E-state index in [9.17, 15) is 12.8 Å². The first-order valence-corrected chi connectivity index (χ1v) is 7.55. The van der Waals surface area contributed by atoms with Crippen molar-refractivity contribution in [1.29, 1.82) is 0 Å². The molecular formula is C14H15FN2O2S. The molecular weight excluding hydrogens is 279 g/mol.